The maximum atomic E-state index is 13.9. The minimum atomic E-state index is -0.276. The summed E-state index contributed by atoms with van der Waals surface area (Å²) in [6.07, 6.45) is 1.62. The number of aryl methyl sites for hydroxylation is 1. The fourth-order valence-corrected chi connectivity index (χ4v) is 5.95. The largest absolute Gasteiger partial charge is 0.494 e. The molecule has 0 N–H and O–H groups in total. The Morgan fingerprint density at radius 2 is 1.67 bits per heavy atom. The zero-order valence-corrected chi connectivity index (χ0v) is 29.3. The Balaban J connectivity index is 1.58. The molecule has 5 aromatic rings. The van der Waals surface area contributed by atoms with Crippen molar-refractivity contribution in [2.45, 2.75) is 47.1 Å². The molecule has 5 rings (SSSR count). The van der Waals surface area contributed by atoms with Gasteiger partial charge in [-0.1, -0.05) is 55.2 Å². The van der Waals surface area contributed by atoms with E-state index in [4.69, 9.17) is 47.5 Å². The van der Waals surface area contributed by atoms with Gasteiger partial charge >= 0.3 is 0 Å². The van der Waals surface area contributed by atoms with Crippen molar-refractivity contribution >= 4 is 56.2 Å². The first kappa shape index (κ1) is 33.5. The number of hydrogen-bond acceptors (Lipinski definition) is 6. The average Bonchev–Trinajstić information content (AvgIpc) is 3.02. The number of aromatic nitrogens is 2. The van der Waals surface area contributed by atoms with Crippen molar-refractivity contribution in [1.29, 1.82) is 0 Å². The molecular weight excluding hydrogens is 689 g/mol. The summed E-state index contributed by atoms with van der Waals surface area (Å²) in [5.41, 5.74) is 4.62. The lowest BCUT2D eigenvalue weighted by molar-refractivity contribution is 0.267. The number of ether oxygens (including phenoxy) is 3. The zero-order valence-electron chi connectivity index (χ0n) is 26.2. The minimum Gasteiger partial charge on any atom is -0.494 e. The molecule has 10 heteroatoms. The lowest BCUT2D eigenvalue weighted by Crippen LogP contribution is -2.21. The van der Waals surface area contributed by atoms with Gasteiger partial charge in [0, 0.05) is 5.56 Å². The van der Waals surface area contributed by atoms with Gasteiger partial charge in [-0.25, -0.2) is 4.98 Å². The predicted molar refractivity (Wildman–Crippen MR) is 191 cm³/mol. The van der Waals surface area contributed by atoms with Crippen LogP contribution in [-0.2, 0) is 6.61 Å². The third-order valence-electron chi connectivity index (χ3n) is 7.29. The molecule has 1 aromatic heterocycles. The lowest BCUT2D eigenvalue weighted by atomic mass is 9.96. The highest BCUT2D eigenvalue weighted by Crippen LogP contribution is 2.38. The number of para-hydroxylation sites is 1. The molecule has 0 spiro atoms. The third kappa shape index (κ3) is 7.25. The molecule has 0 saturated carbocycles. The van der Waals surface area contributed by atoms with Crippen molar-refractivity contribution in [3.63, 3.8) is 0 Å². The summed E-state index contributed by atoms with van der Waals surface area (Å²) in [4.78, 5) is 18.8. The number of halogens is 3. The second kappa shape index (κ2) is 14.7. The molecule has 7 nitrogen and oxygen atoms in total. The van der Waals surface area contributed by atoms with Crippen LogP contribution >= 0.6 is 39.1 Å². The zero-order chi connectivity index (χ0) is 33.0. The molecule has 4 aromatic carbocycles. The molecule has 0 saturated heterocycles. The Morgan fingerprint density at radius 3 is 2.39 bits per heavy atom. The van der Waals surface area contributed by atoms with E-state index in [9.17, 15) is 4.79 Å². The Hall–Kier alpha value is -3.85. The molecule has 0 aliphatic rings. The molecule has 0 fully saturated rings. The number of nitrogens with zero attached hydrogens (tertiary/aromatic N) is 3. The topological polar surface area (TPSA) is 74.9 Å². The van der Waals surface area contributed by atoms with Gasteiger partial charge in [0.2, 0.25) is 0 Å². The monoisotopic (exact) mass is 721 g/mol. The fourth-order valence-electron chi connectivity index (χ4n) is 5.05. The molecule has 0 aliphatic carbocycles. The first-order valence-electron chi connectivity index (χ1n) is 15.0. The van der Waals surface area contributed by atoms with E-state index in [1.54, 1.807) is 24.4 Å². The van der Waals surface area contributed by atoms with Gasteiger partial charge < -0.3 is 14.2 Å². The van der Waals surface area contributed by atoms with Crippen LogP contribution in [0.2, 0.25) is 10.0 Å². The molecule has 0 atom stereocenters. The Kier molecular flexibility index (Phi) is 10.7. The second-order valence-corrected chi connectivity index (χ2v) is 12.6. The van der Waals surface area contributed by atoms with Crippen LogP contribution < -0.4 is 19.8 Å². The quantitative estimate of drug-likeness (QED) is 0.127. The Bertz CT molecular complexity index is 1990. The van der Waals surface area contributed by atoms with Gasteiger partial charge in [0.05, 0.1) is 44.8 Å². The van der Waals surface area contributed by atoms with Crippen LogP contribution in [-0.4, -0.2) is 29.1 Å². The molecule has 238 valence electrons. The van der Waals surface area contributed by atoms with E-state index in [2.05, 4.69) is 35.8 Å². The van der Waals surface area contributed by atoms with Crippen molar-refractivity contribution in [3.05, 3.63) is 114 Å². The maximum Gasteiger partial charge on any atom is 0.282 e. The van der Waals surface area contributed by atoms with Crippen LogP contribution in [0.25, 0.3) is 22.3 Å². The van der Waals surface area contributed by atoms with Crippen LogP contribution in [0.15, 0.2) is 81.1 Å². The third-order valence-corrected chi connectivity index (χ3v) is 8.62. The summed E-state index contributed by atoms with van der Waals surface area (Å²) < 4.78 is 20.0. The van der Waals surface area contributed by atoms with Crippen LogP contribution in [0, 0.1) is 6.92 Å². The van der Waals surface area contributed by atoms with E-state index in [0.29, 0.717) is 61.5 Å². The van der Waals surface area contributed by atoms with Gasteiger partial charge in [-0.15, -0.1) is 0 Å². The second-order valence-electron chi connectivity index (χ2n) is 10.9. The fraction of sp³-hybridized carbons (Fsp3) is 0.250. The molecule has 0 aliphatic heterocycles. The molecule has 0 amide bonds. The molecule has 0 unspecified atom stereocenters. The van der Waals surface area contributed by atoms with Crippen molar-refractivity contribution in [1.82, 2.24) is 9.66 Å². The first-order valence-corrected chi connectivity index (χ1v) is 16.5. The molecular formula is C36H34BrCl2N3O4. The van der Waals surface area contributed by atoms with Crippen molar-refractivity contribution in [2.24, 2.45) is 5.10 Å². The molecule has 46 heavy (non-hydrogen) atoms. The lowest BCUT2D eigenvalue weighted by Gasteiger charge is -2.18. The van der Waals surface area contributed by atoms with Crippen LogP contribution in [0.5, 0.6) is 17.2 Å². The standard InChI is InChI=1S/C36H34BrCl2N3O4/c1-6-44-32-14-22(5)27(18-26(32)21(3)4)35-41-31-11-9-8-10-25(31)36(43)42(35)40-19-24-15-28(37)34(33(17-24)45-7-2)46-20-23-12-13-29(38)30(39)16-23/h8-19,21H,6-7,20H2,1-5H3. The summed E-state index contributed by atoms with van der Waals surface area (Å²) in [6.45, 7) is 11.3. The van der Waals surface area contributed by atoms with Gasteiger partial charge in [0.25, 0.3) is 5.56 Å². The Labute approximate surface area is 286 Å². The SMILES string of the molecule is CCOc1cc(C)c(-c2nc3ccccc3c(=O)n2N=Cc2cc(Br)c(OCc3ccc(Cl)c(Cl)c3)c(OCC)c2)cc1C(C)C. The summed E-state index contributed by atoms with van der Waals surface area (Å²) in [5.74, 6) is 2.50. The van der Waals surface area contributed by atoms with Gasteiger partial charge in [0.1, 0.15) is 12.4 Å². The maximum absolute atomic E-state index is 13.9. The smallest absolute Gasteiger partial charge is 0.282 e. The highest BCUT2D eigenvalue weighted by molar-refractivity contribution is 9.10. The average molecular weight is 723 g/mol. The summed E-state index contributed by atoms with van der Waals surface area (Å²) in [6, 6.07) is 20.4. The van der Waals surface area contributed by atoms with Gasteiger partial charge in [-0.05, 0) is 113 Å². The van der Waals surface area contributed by atoms with Crippen molar-refractivity contribution < 1.29 is 14.2 Å². The van der Waals surface area contributed by atoms with Crippen LogP contribution in [0.1, 0.15) is 55.9 Å². The van der Waals surface area contributed by atoms with E-state index in [0.717, 1.165) is 28.0 Å². The van der Waals surface area contributed by atoms with Gasteiger partial charge in [-0.2, -0.15) is 9.78 Å². The number of fused-ring (bicyclic) bond motifs is 1. The predicted octanol–water partition coefficient (Wildman–Crippen LogP) is 9.82. The Morgan fingerprint density at radius 1 is 0.935 bits per heavy atom. The van der Waals surface area contributed by atoms with Crippen LogP contribution in [0.3, 0.4) is 0 Å². The van der Waals surface area contributed by atoms with Crippen molar-refractivity contribution in [3.8, 4) is 28.6 Å². The molecule has 0 bridgehead atoms. The minimum absolute atomic E-state index is 0.191. The molecule has 0 radical (unpaired) electrons. The highest BCUT2D eigenvalue weighted by atomic mass is 79.9. The van der Waals surface area contributed by atoms with E-state index in [1.165, 1.54) is 4.68 Å². The number of hydrogen-bond donors (Lipinski definition) is 0. The van der Waals surface area contributed by atoms with Gasteiger partial charge in [-0.3, -0.25) is 4.79 Å². The molecule has 1 heterocycles. The van der Waals surface area contributed by atoms with E-state index in [1.807, 2.05) is 63.2 Å². The van der Waals surface area contributed by atoms with Crippen LogP contribution in [0.4, 0.5) is 0 Å². The van der Waals surface area contributed by atoms with E-state index >= 15 is 0 Å². The van der Waals surface area contributed by atoms with E-state index in [-0.39, 0.29) is 18.1 Å². The first-order chi connectivity index (χ1) is 22.1. The summed E-state index contributed by atoms with van der Waals surface area (Å²) in [5, 5.41) is 6.11. The van der Waals surface area contributed by atoms with E-state index < -0.39 is 0 Å². The number of rotatable bonds is 11. The normalized spacial score (nSPS) is 11.5. The van der Waals surface area contributed by atoms with Crippen molar-refractivity contribution in [2.75, 3.05) is 13.2 Å². The number of benzene rings is 4. The summed E-state index contributed by atoms with van der Waals surface area (Å²) in [7, 11) is 0. The highest BCUT2D eigenvalue weighted by Gasteiger charge is 2.19. The summed E-state index contributed by atoms with van der Waals surface area (Å²) >= 11 is 15.9. The van der Waals surface area contributed by atoms with Gasteiger partial charge in [0.15, 0.2) is 17.3 Å².